The first-order valence-corrected chi connectivity index (χ1v) is 18.9. The van der Waals surface area contributed by atoms with Crippen LogP contribution in [0.4, 0.5) is 11.5 Å². The number of nitrogens with zero attached hydrogens (tertiary/aromatic N) is 6. The van der Waals surface area contributed by atoms with Crippen molar-refractivity contribution in [3.05, 3.63) is 77.4 Å². The lowest BCUT2D eigenvalue weighted by Crippen LogP contribution is -2.59. The highest BCUT2D eigenvalue weighted by molar-refractivity contribution is 7.13. The van der Waals surface area contributed by atoms with Gasteiger partial charge in [0.15, 0.2) is 5.82 Å². The average molecular weight is 756 g/mol. The third-order valence-electron chi connectivity index (χ3n) is 10.0. The summed E-state index contributed by atoms with van der Waals surface area (Å²) < 4.78 is 0. The number of nitrogens with two attached hydrogens (primary N) is 1. The van der Waals surface area contributed by atoms with Crippen LogP contribution in [0.15, 0.2) is 66.2 Å². The molecule has 0 unspecified atom stereocenters. The number of carbonyl (C=O) groups excluding carboxylic acids is 3. The van der Waals surface area contributed by atoms with Crippen LogP contribution in [0.1, 0.15) is 58.8 Å². The SMILES string of the molecule is C.Cc1ncsc1-c1ccc([C@H](C)NC(=O)[C@@H]2C[C@@H](O)CN2C(=O)[C@@H](NC(=O)CN2CCN(c3cc(-c4ccccc4)nnc3N)CC2)C(C)(C)C)cc1. The lowest BCUT2D eigenvalue weighted by atomic mass is 9.85. The van der Waals surface area contributed by atoms with Gasteiger partial charge in [0.25, 0.3) is 0 Å². The Hall–Kier alpha value is -4.92. The van der Waals surface area contributed by atoms with E-state index in [0.717, 1.165) is 38.6 Å². The number of amides is 3. The number of anilines is 2. The van der Waals surface area contributed by atoms with Gasteiger partial charge in [0.05, 0.1) is 46.2 Å². The molecule has 14 heteroatoms. The Morgan fingerprint density at radius 3 is 2.30 bits per heavy atom. The molecular formula is C40H53N9O4S. The molecular weight excluding hydrogens is 703 g/mol. The smallest absolute Gasteiger partial charge is 0.246 e. The number of β-amino-alcohol motifs (C(OH)–C–C–N with tert-alkyl or cyclic N) is 1. The van der Waals surface area contributed by atoms with Crippen LogP contribution in [0.3, 0.4) is 0 Å². The predicted octanol–water partition coefficient (Wildman–Crippen LogP) is 4.29. The summed E-state index contributed by atoms with van der Waals surface area (Å²) in [5, 5.41) is 25.1. The highest BCUT2D eigenvalue weighted by atomic mass is 32.1. The molecule has 2 aromatic carbocycles. The highest BCUT2D eigenvalue weighted by Crippen LogP contribution is 2.30. The zero-order chi connectivity index (χ0) is 37.9. The summed E-state index contributed by atoms with van der Waals surface area (Å²) in [6.45, 7) is 12.1. The third kappa shape index (κ3) is 9.23. The van der Waals surface area contributed by atoms with Crippen LogP contribution < -0.4 is 21.3 Å². The molecule has 13 nitrogen and oxygen atoms in total. The van der Waals surface area contributed by atoms with E-state index in [1.807, 2.05) is 106 Å². The van der Waals surface area contributed by atoms with Gasteiger partial charge in [0.2, 0.25) is 17.7 Å². The first-order valence-electron chi connectivity index (χ1n) is 18.0. The molecule has 0 radical (unpaired) electrons. The Labute approximate surface area is 322 Å². The summed E-state index contributed by atoms with van der Waals surface area (Å²) in [6.07, 6.45) is -0.735. The summed E-state index contributed by atoms with van der Waals surface area (Å²) in [7, 11) is 0. The van der Waals surface area contributed by atoms with E-state index in [9.17, 15) is 19.5 Å². The van der Waals surface area contributed by atoms with Gasteiger partial charge >= 0.3 is 0 Å². The average Bonchev–Trinajstić information content (AvgIpc) is 3.76. The Balaban J connectivity index is 0.00000561. The molecule has 288 valence electrons. The fraction of sp³-hybridized carbons (Fsp3) is 0.450. The van der Waals surface area contributed by atoms with Crippen molar-refractivity contribution in [2.75, 3.05) is 49.9 Å². The summed E-state index contributed by atoms with van der Waals surface area (Å²) in [4.78, 5) is 52.3. The molecule has 54 heavy (non-hydrogen) atoms. The number of benzene rings is 2. The maximum Gasteiger partial charge on any atom is 0.246 e. The van der Waals surface area contributed by atoms with E-state index >= 15 is 0 Å². The zero-order valence-corrected chi connectivity index (χ0v) is 31.8. The molecule has 2 aliphatic heterocycles. The number of piperazine rings is 1. The molecule has 4 aromatic rings. The first kappa shape index (κ1) is 40.3. The number of aromatic nitrogens is 3. The summed E-state index contributed by atoms with van der Waals surface area (Å²) in [6, 6.07) is 17.6. The van der Waals surface area contributed by atoms with Crippen molar-refractivity contribution in [3.63, 3.8) is 0 Å². The molecule has 2 aromatic heterocycles. The van der Waals surface area contributed by atoms with Crippen molar-refractivity contribution >= 4 is 40.6 Å². The van der Waals surface area contributed by atoms with Crippen molar-refractivity contribution in [2.24, 2.45) is 5.41 Å². The van der Waals surface area contributed by atoms with Gasteiger partial charge in [-0.05, 0) is 36.5 Å². The van der Waals surface area contributed by atoms with Crippen molar-refractivity contribution in [1.82, 2.24) is 35.6 Å². The number of nitrogens with one attached hydrogen (secondary N) is 2. The summed E-state index contributed by atoms with van der Waals surface area (Å²) in [5.41, 5.74) is 12.8. The van der Waals surface area contributed by atoms with E-state index < -0.39 is 23.6 Å². The van der Waals surface area contributed by atoms with Gasteiger partial charge in [0.1, 0.15) is 12.1 Å². The Morgan fingerprint density at radius 2 is 1.67 bits per heavy atom. The van der Waals surface area contributed by atoms with Gasteiger partial charge in [0, 0.05) is 44.7 Å². The number of thiazole rings is 1. The van der Waals surface area contributed by atoms with Crippen LogP contribution in [-0.4, -0.2) is 105 Å². The topological polar surface area (TPSA) is 170 Å². The van der Waals surface area contributed by atoms with Crippen LogP contribution >= 0.6 is 11.3 Å². The van der Waals surface area contributed by atoms with Crippen LogP contribution in [0.5, 0.6) is 0 Å². The van der Waals surface area contributed by atoms with Gasteiger partial charge in [-0.2, -0.15) is 0 Å². The number of aliphatic hydroxyl groups excluding tert-OH is 1. The molecule has 4 heterocycles. The number of aryl methyl sites for hydroxylation is 1. The molecule has 3 amide bonds. The number of likely N-dealkylation sites (tertiary alicyclic amines) is 1. The van der Waals surface area contributed by atoms with E-state index in [4.69, 9.17) is 5.73 Å². The summed E-state index contributed by atoms with van der Waals surface area (Å²) >= 11 is 1.58. The lowest BCUT2D eigenvalue weighted by Gasteiger charge is -2.38. The number of rotatable bonds is 10. The second kappa shape index (κ2) is 17.0. The number of hydrogen-bond donors (Lipinski definition) is 4. The van der Waals surface area contributed by atoms with Gasteiger partial charge in [-0.15, -0.1) is 21.5 Å². The minimum absolute atomic E-state index is 0. The molecule has 2 aliphatic rings. The van der Waals surface area contributed by atoms with Crippen molar-refractivity contribution in [3.8, 4) is 21.7 Å². The van der Waals surface area contributed by atoms with Crippen molar-refractivity contribution in [2.45, 2.75) is 72.7 Å². The van der Waals surface area contributed by atoms with Crippen LogP contribution in [-0.2, 0) is 14.4 Å². The largest absolute Gasteiger partial charge is 0.391 e. The van der Waals surface area contributed by atoms with Crippen molar-refractivity contribution < 1.29 is 19.5 Å². The van der Waals surface area contributed by atoms with E-state index in [1.165, 1.54) is 4.90 Å². The van der Waals surface area contributed by atoms with E-state index in [-0.39, 0.29) is 50.7 Å². The van der Waals surface area contributed by atoms with Crippen molar-refractivity contribution in [1.29, 1.82) is 0 Å². The predicted molar refractivity (Wildman–Crippen MR) is 214 cm³/mol. The number of hydrogen-bond acceptors (Lipinski definition) is 11. The Morgan fingerprint density at radius 1 is 0.981 bits per heavy atom. The lowest BCUT2D eigenvalue weighted by molar-refractivity contribution is -0.144. The number of nitrogen functional groups attached to an aromatic ring is 1. The molecule has 2 saturated heterocycles. The monoisotopic (exact) mass is 755 g/mol. The minimum Gasteiger partial charge on any atom is -0.391 e. The van der Waals surface area contributed by atoms with Gasteiger partial charge in [-0.25, -0.2) is 4.98 Å². The Kier molecular flexibility index (Phi) is 12.7. The molecule has 6 rings (SSSR count). The maximum atomic E-state index is 14.1. The summed E-state index contributed by atoms with van der Waals surface area (Å²) in [5.74, 6) is -0.663. The standard InChI is InChI=1S/C39H49N9O4S.CH4/c1-24(26-11-13-28(14-12-26)34-25(2)41-23-53-34)42-37(51)32-19-29(49)21-48(32)38(52)35(39(3,4)5)43-33(50)22-46-15-17-47(18-16-46)31-20-30(44-45-36(31)40)27-9-7-6-8-10-27;/h6-14,20,23-24,29,32,35,49H,15-19,21-22H2,1-5H3,(H2,40,45)(H,42,51)(H,43,50);1H4/t24-,29+,32-,35+;/m0./s1. The molecule has 0 spiro atoms. The van der Waals surface area contributed by atoms with E-state index in [0.29, 0.717) is 32.0 Å². The molecule has 5 N–H and O–H groups in total. The van der Waals surface area contributed by atoms with Gasteiger partial charge < -0.3 is 31.3 Å². The fourth-order valence-corrected chi connectivity index (χ4v) is 7.78. The molecule has 2 fully saturated rings. The minimum atomic E-state index is -0.906. The van der Waals surface area contributed by atoms with Crippen LogP contribution in [0.2, 0.25) is 0 Å². The van der Waals surface area contributed by atoms with Gasteiger partial charge in [-0.3, -0.25) is 19.3 Å². The molecule has 0 bridgehead atoms. The number of carbonyl (C=O) groups is 3. The molecule has 0 saturated carbocycles. The van der Waals surface area contributed by atoms with Crippen LogP contribution in [0.25, 0.3) is 21.7 Å². The fourth-order valence-electron chi connectivity index (χ4n) is 6.97. The number of aliphatic hydroxyl groups is 1. The highest BCUT2D eigenvalue weighted by Gasteiger charge is 2.45. The molecule has 0 aliphatic carbocycles. The first-order chi connectivity index (χ1) is 25.3. The van der Waals surface area contributed by atoms with E-state index in [1.54, 1.807) is 11.3 Å². The second-order valence-corrected chi connectivity index (χ2v) is 15.9. The van der Waals surface area contributed by atoms with E-state index in [2.05, 4.69) is 30.7 Å². The third-order valence-corrected chi connectivity index (χ3v) is 11.0. The normalized spacial score (nSPS) is 18.8. The van der Waals surface area contributed by atoms with Crippen LogP contribution in [0, 0.1) is 12.3 Å². The maximum absolute atomic E-state index is 14.1. The molecule has 4 atom stereocenters. The Bertz CT molecular complexity index is 1910. The quantitative estimate of drug-likeness (QED) is 0.183. The van der Waals surface area contributed by atoms with Gasteiger partial charge in [-0.1, -0.05) is 82.8 Å². The second-order valence-electron chi connectivity index (χ2n) is 15.0. The zero-order valence-electron chi connectivity index (χ0n) is 31.0.